The molecule has 15 heavy (non-hydrogen) atoms. The van der Waals surface area contributed by atoms with E-state index < -0.39 is 0 Å². The lowest BCUT2D eigenvalue weighted by molar-refractivity contribution is -0.119. The molecule has 1 N–H and O–H groups in total. The maximum absolute atomic E-state index is 11.8. The van der Waals surface area contributed by atoms with Crippen molar-refractivity contribution in [1.29, 1.82) is 0 Å². The Morgan fingerprint density at radius 3 is 2.87 bits per heavy atom. The second kappa shape index (κ2) is 3.50. The van der Waals surface area contributed by atoms with Gasteiger partial charge in [-0.05, 0) is 12.5 Å². The number of Topliss-reactive ketones (excluding diaryl/α,β-unsaturated/α-hetero) is 1. The molecular weight excluding hydrogens is 190 g/mol. The number of hydrogen-bond acceptors (Lipinski definition) is 2. The van der Waals surface area contributed by atoms with Crippen molar-refractivity contribution in [3.63, 3.8) is 0 Å². The molecule has 2 rings (SSSR count). The van der Waals surface area contributed by atoms with Crippen LogP contribution in [0.4, 0.5) is 0 Å². The second-order valence-electron chi connectivity index (χ2n) is 3.98. The minimum Gasteiger partial charge on any atom is -0.346 e. The molecule has 1 aliphatic carbocycles. The van der Waals surface area contributed by atoms with E-state index in [0.717, 1.165) is 16.7 Å². The SMILES string of the molecule is CC(=O)N[C@H]1Cc2cc(C)ccc2C1=O. The van der Waals surface area contributed by atoms with Crippen molar-refractivity contribution >= 4 is 11.7 Å². The predicted octanol–water partition coefficient (Wildman–Crippen LogP) is 1.24. The van der Waals surface area contributed by atoms with Gasteiger partial charge in [0.05, 0.1) is 6.04 Å². The van der Waals surface area contributed by atoms with Gasteiger partial charge in [0.15, 0.2) is 5.78 Å². The first kappa shape index (κ1) is 9.90. The summed E-state index contributed by atoms with van der Waals surface area (Å²) < 4.78 is 0. The topological polar surface area (TPSA) is 46.2 Å². The van der Waals surface area contributed by atoms with Crippen molar-refractivity contribution in [2.75, 3.05) is 0 Å². The molecular formula is C12H13NO2. The maximum Gasteiger partial charge on any atom is 0.217 e. The van der Waals surface area contributed by atoms with Crippen molar-refractivity contribution in [1.82, 2.24) is 5.32 Å². The van der Waals surface area contributed by atoms with Crippen LogP contribution in [0.2, 0.25) is 0 Å². The first-order chi connectivity index (χ1) is 7.08. The summed E-state index contributed by atoms with van der Waals surface area (Å²) in [5.41, 5.74) is 2.93. The largest absolute Gasteiger partial charge is 0.346 e. The van der Waals surface area contributed by atoms with Crippen LogP contribution in [0.3, 0.4) is 0 Å². The highest BCUT2D eigenvalue weighted by molar-refractivity contribution is 6.06. The number of ketones is 1. The van der Waals surface area contributed by atoms with Crippen molar-refractivity contribution in [2.24, 2.45) is 0 Å². The number of aryl methyl sites for hydroxylation is 1. The second-order valence-corrected chi connectivity index (χ2v) is 3.98. The van der Waals surface area contributed by atoms with Crippen LogP contribution in [0.5, 0.6) is 0 Å². The Kier molecular flexibility index (Phi) is 2.31. The maximum atomic E-state index is 11.8. The van der Waals surface area contributed by atoms with Crippen LogP contribution in [0.1, 0.15) is 28.4 Å². The number of amides is 1. The van der Waals surface area contributed by atoms with Crippen LogP contribution < -0.4 is 5.32 Å². The first-order valence-electron chi connectivity index (χ1n) is 4.99. The van der Waals surface area contributed by atoms with Crippen molar-refractivity contribution in [3.05, 3.63) is 34.9 Å². The van der Waals surface area contributed by atoms with E-state index in [2.05, 4.69) is 5.32 Å². The zero-order valence-corrected chi connectivity index (χ0v) is 8.83. The summed E-state index contributed by atoms with van der Waals surface area (Å²) in [4.78, 5) is 22.7. The molecule has 78 valence electrons. The molecule has 1 aliphatic rings. The average molecular weight is 203 g/mol. The lowest BCUT2D eigenvalue weighted by atomic mass is 10.1. The van der Waals surface area contributed by atoms with Gasteiger partial charge in [-0.1, -0.05) is 23.8 Å². The highest BCUT2D eigenvalue weighted by Crippen LogP contribution is 2.23. The van der Waals surface area contributed by atoms with Crippen molar-refractivity contribution < 1.29 is 9.59 Å². The molecule has 0 bridgehead atoms. The number of hydrogen-bond donors (Lipinski definition) is 1. The molecule has 3 nitrogen and oxygen atoms in total. The summed E-state index contributed by atoms with van der Waals surface area (Å²) in [7, 11) is 0. The van der Waals surface area contributed by atoms with E-state index >= 15 is 0 Å². The van der Waals surface area contributed by atoms with Crippen LogP contribution in [-0.2, 0) is 11.2 Å². The van der Waals surface area contributed by atoms with E-state index in [9.17, 15) is 9.59 Å². The summed E-state index contributed by atoms with van der Waals surface area (Å²) in [5.74, 6) is -0.127. The first-order valence-corrected chi connectivity index (χ1v) is 4.99. The molecule has 0 aliphatic heterocycles. The Hall–Kier alpha value is -1.64. The Bertz CT molecular complexity index is 437. The zero-order chi connectivity index (χ0) is 11.0. The number of rotatable bonds is 1. The summed E-state index contributed by atoms with van der Waals surface area (Å²) in [6, 6.07) is 5.41. The van der Waals surface area contributed by atoms with E-state index in [4.69, 9.17) is 0 Å². The quantitative estimate of drug-likeness (QED) is 0.746. The molecule has 0 saturated heterocycles. The fourth-order valence-corrected chi connectivity index (χ4v) is 1.99. The third-order valence-electron chi connectivity index (χ3n) is 2.64. The third-order valence-corrected chi connectivity index (χ3v) is 2.64. The minimum atomic E-state index is -0.362. The van der Waals surface area contributed by atoms with Gasteiger partial charge in [-0.25, -0.2) is 0 Å². The summed E-state index contributed by atoms with van der Waals surface area (Å²) >= 11 is 0. The number of carbonyl (C=O) groups excluding carboxylic acids is 2. The van der Waals surface area contributed by atoms with Gasteiger partial charge in [-0.2, -0.15) is 0 Å². The van der Waals surface area contributed by atoms with Gasteiger partial charge in [0.25, 0.3) is 0 Å². The number of fused-ring (bicyclic) bond motifs is 1. The van der Waals surface area contributed by atoms with E-state index in [-0.39, 0.29) is 17.7 Å². The standard InChI is InChI=1S/C12H13NO2/c1-7-3-4-10-9(5-7)6-11(12(10)15)13-8(2)14/h3-5,11H,6H2,1-2H3,(H,13,14)/t11-/m0/s1. The minimum absolute atomic E-state index is 0.0280. The summed E-state index contributed by atoms with van der Waals surface area (Å²) in [5, 5.41) is 2.67. The summed E-state index contributed by atoms with van der Waals surface area (Å²) in [6.07, 6.45) is 0.620. The van der Waals surface area contributed by atoms with Gasteiger partial charge in [0.2, 0.25) is 5.91 Å². The van der Waals surface area contributed by atoms with Crippen LogP contribution in [-0.4, -0.2) is 17.7 Å². The predicted molar refractivity (Wildman–Crippen MR) is 56.8 cm³/mol. The molecule has 0 aromatic heterocycles. The van der Waals surface area contributed by atoms with Gasteiger partial charge >= 0.3 is 0 Å². The molecule has 1 amide bonds. The highest BCUT2D eigenvalue weighted by Gasteiger charge is 2.30. The van der Waals surface area contributed by atoms with Crippen molar-refractivity contribution in [2.45, 2.75) is 26.3 Å². The molecule has 0 saturated carbocycles. The Morgan fingerprint density at radius 2 is 2.20 bits per heavy atom. The van der Waals surface area contributed by atoms with Gasteiger partial charge in [0.1, 0.15) is 0 Å². The Labute approximate surface area is 88.5 Å². The fourth-order valence-electron chi connectivity index (χ4n) is 1.99. The van der Waals surface area contributed by atoms with Crippen LogP contribution in [0.15, 0.2) is 18.2 Å². The molecule has 0 unspecified atom stereocenters. The van der Waals surface area contributed by atoms with Gasteiger partial charge < -0.3 is 5.32 Å². The normalized spacial score (nSPS) is 18.8. The Balaban J connectivity index is 2.29. The van der Waals surface area contributed by atoms with Gasteiger partial charge in [0, 0.05) is 18.9 Å². The summed E-state index contributed by atoms with van der Waals surface area (Å²) in [6.45, 7) is 3.43. The third kappa shape index (κ3) is 1.77. The molecule has 0 fully saturated rings. The molecule has 0 heterocycles. The molecule has 1 aromatic rings. The number of benzene rings is 1. The van der Waals surface area contributed by atoms with Crippen LogP contribution >= 0.6 is 0 Å². The lowest BCUT2D eigenvalue weighted by Gasteiger charge is -2.07. The number of carbonyl (C=O) groups is 2. The molecule has 1 aromatic carbocycles. The monoisotopic (exact) mass is 203 g/mol. The molecule has 3 heteroatoms. The van der Waals surface area contributed by atoms with Gasteiger partial charge in [-0.15, -0.1) is 0 Å². The smallest absolute Gasteiger partial charge is 0.217 e. The zero-order valence-electron chi connectivity index (χ0n) is 8.83. The average Bonchev–Trinajstić information content (AvgIpc) is 2.42. The number of nitrogens with one attached hydrogen (secondary N) is 1. The molecule has 1 atom stereocenters. The van der Waals surface area contributed by atoms with E-state index in [1.165, 1.54) is 6.92 Å². The van der Waals surface area contributed by atoms with Gasteiger partial charge in [-0.3, -0.25) is 9.59 Å². The Morgan fingerprint density at radius 1 is 1.47 bits per heavy atom. The van der Waals surface area contributed by atoms with E-state index in [1.807, 2.05) is 25.1 Å². The molecule has 0 radical (unpaired) electrons. The van der Waals surface area contributed by atoms with Crippen LogP contribution in [0.25, 0.3) is 0 Å². The van der Waals surface area contributed by atoms with Crippen LogP contribution in [0, 0.1) is 6.92 Å². The fraction of sp³-hybridized carbons (Fsp3) is 0.333. The highest BCUT2D eigenvalue weighted by atomic mass is 16.2. The van der Waals surface area contributed by atoms with Crippen molar-refractivity contribution in [3.8, 4) is 0 Å². The van der Waals surface area contributed by atoms with E-state index in [1.54, 1.807) is 0 Å². The molecule has 0 spiro atoms. The lowest BCUT2D eigenvalue weighted by Crippen LogP contribution is -2.37. The van der Waals surface area contributed by atoms with E-state index in [0.29, 0.717) is 6.42 Å².